The van der Waals surface area contributed by atoms with Crippen LogP contribution in [0.25, 0.3) is 11.3 Å². The van der Waals surface area contributed by atoms with Crippen molar-refractivity contribution < 1.29 is 26.4 Å². The number of anilines is 1. The summed E-state index contributed by atoms with van der Waals surface area (Å²) in [7, 11) is -2.44. The third-order valence-electron chi connectivity index (χ3n) is 7.37. The van der Waals surface area contributed by atoms with Crippen molar-refractivity contribution in [2.75, 3.05) is 37.9 Å². The lowest BCUT2D eigenvalue weighted by atomic mass is 10.0. The van der Waals surface area contributed by atoms with E-state index in [9.17, 15) is 22.0 Å². The van der Waals surface area contributed by atoms with E-state index in [0.717, 1.165) is 12.1 Å². The first-order valence-electron chi connectivity index (χ1n) is 14.0. The summed E-state index contributed by atoms with van der Waals surface area (Å²) >= 11 is 0. The summed E-state index contributed by atoms with van der Waals surface area (Å²) in [4.78, 5) is 28.9. The van der Waals surface area contributed by atoms with Crippen molar-refractivity contribution in [2.45, 2.75) is 25.2 Å². The third-order valence-corrected chi connectivity index (χ3v) is 8.77. The van der Waals surface area contributed by atoms with Gasteiger partial charge in [-0.2, -0.15) is 0 Å². The molecule has 0 unspecified atom stereocenters. The van der Waals surface area contributed by atoms with Gasteiger partial charge in [-0.25, -0.2) is 31.6 Å². The first-order chi connectivity index (χ1) is 21.5. The summed E-state index contributed by atoms with van der Waals surface area (Å²) in [6, 6.07) is 7.92. The van der Waals surface area contributed by atoms with Gasteiger partial charge in [0.1, 0.15) is 28.7 Å². The van der Waals surface area contributed by atoms with Gasteiger partial charge in [0, 0.05) is 49.6 Å². The summed E-state index contributed by atoms with van der Waals surface area (Å²) in [6.07, 6.45) is 3.28. The van der Waals surface area contributed by atoms with Crippen molar-refractivity contribution in [3.8, 4) is 23.1 Å². The van der Waals surface area contributed by atoms with Gasteiger partial charge < -0.3 is 9.80 Å². The Labute approximate surface area is 259 Å². The molecule has 1 fully saturated rings. The summed E-state index contributed by atoms with van der Waals surface area (Å²) in [5.41, 5.74) is 2.42. The summed E-state index contributed by atoms with van der Waals surface area (Å²) in [6.45, 7) is 5.89. The van der Waals surface area contributed by atoms with Gasteiger partial charge in [0.2, 0.25) is 0 Å². The lowest BCUT2D eigenvalue weighted by Crippen LogP contribution is -2.47. The smallest absolute Gasteiger partial charge is 0.264 e. The van der Waals surface area contributed by atoms with Crippen molar-refractivity contribution in [3.63, 3.8) is 0 Å². The maximum absolute atomic E-state index is 15.3. The minimum atomic E-state index is -4.41. The molecule has 5 rings (SSSR count). The standard InChI is InChI=1S/C32H29F3N6O3S/c1-4-28-25(8-5-21-15-29(20(2)36-18-21)39-45(43,44)30-10-7-23(33)17-27(30)35)31(38-19-37-28)22-6-9-24(26(34)16-22)32(42)41-13-11-40(3)12-14-41/h6-7,9-10,15-19,39H,4,11-14H2,1-3H3. The molecule has 232 valence electrons. The number of likely N-dealkylation sites (N-methyl/N-ethyl adjacent to an activating group) is 1. The number of aryl methyl sites for hydroxylation is 2. The number of nitrogens with one attached hydrogen (secondary N) is 1. The number of pyridine rings is 1. The summed E-state index contributed by atoms with van der Waals surface area (Å²) in [5.74, 6) is 2.77. The van der Waals surface area contributed by atoms with Crippen LogP contribution in [0.15, 0.2) is 59.9 Å². The average molecular weight is 635 g/mol. The Kier molecular flexibility index (Phi) is 9.17. The van der Waals surface area contributed by atoms with Gasteiger partial charge in [-0.15, -0.1) is 0 Å². The first-order valence-corrected chi connectivity index (χ1v) is 15.5. The minimum absolute atomic E-state index is 0.0260. The highest BCUT2D eigenvalue weighted by Crippen LogP contribution is 2.26. The Morgan fingerprint density at radius 1 is 0.956 bits per heavy atom. The molecule has 4 aromatic rings. The maximum atomic E-state index is 15.3. The molecule has 0 spiro atoms. The molecule has 2 aromatic carbocycles. The maximum Gasteiger partial charge on any atom is 0.264 e. The molecule has 2 aromatic heterocycles. The Morgan fingerprint density at radius 3 is 2.40 bits per heavy atom. The van der Waals surface area contributed by atoms with Gasteiger partial charge in [-0.05, 0) is 50.7 Å². The van der Waals surface area contributed by atoms with E-state index in [0.29, 0.717) is 72.4 Å². The molecule has 1 saturated heterocycles. The van der Waals surface area contributed by atoms with Crippen LogP contribution in [0.2, 0.25) is 0 Å². The number of hydrogen-bond donors (Lipinski definition) is 1. The van der Waals surface area contributed by atoms with E-state index in [1.165, 1.54) is 30.7 Å². The van der Waals surface area contributed by atoms with Crippen LogP contribution in [0.4, 0.5) is 18.9 Å². The molecule has 0 atom stereocenters. The summed E-state index contributed by atoms with van der Waals surface area (Å²) < 4.78 is 70.8. The fourth-order valence-electron chi connectivity index (χ4n) is 4.79. The van der Waals surface area contributed by atoms with Crippen LogP contribution in [-0.2, 0) is 16.4 Å². The molecule has 9 nitrogen and oxygen atoms in total. The van der Waals surface area contributed by atoms with Gasteiger partial charge in [0.25, 0.3) is 15.9 Å². The second kappa shape index (κ2) is 13.1. The van der Waals surface area contributed by atoms with Crippen molar-refractivity contribution in [3.05, 3.63) is 101 Å². The molecule has 1 N–H and O–H groups in total. The van der Waals surface area contributed by atoms with Crippen molar-refractivity contribution >= 4 is 21.6 Å². The molecule has 45 heavy (non-hydrogen) atoms. The number of amides is 1. The fraction of sp³-hybridized carbons (Fsp3) is 0.250. The van der Waals surface area contributed by atoms with Crippen molar-refractivity contribution in [2.24, 2.45) is 0 Å². The molecule has 0 saturated carbocycles. The van der Waals surface area contributed by atoms with E-state index >= 15 is 4.39 Å². The fourth-order valence-corrected chi connectivity index (χ4v) is 5.96. The zero-order chi connectivity index (χ0) is 32.3. The van der Waals surface area contributed by atoms with E-state index in [-0.39, 0.29) is 17.2 Å². The van der Waals surface area contributed by atoms with E-state index in [2.05, 4.69) is 36.4 Å². The van der Waals surface area contributed by atoms with Gasteiger partial charge in [0.15, 0.2) is 0 Å². The van der Waals surface area contributed by atoms with Gasteiger partial charge >= 0.3 is 0 Å². The van der Waals surface area contributed by atoms with Crippen molar-refractivity contribution in [1.29, 1.82) is 0 Å². The van der Waals surface area contributed by atoms with Crippen LogP contribution in [0.1, 0.15) is 39.8 Å². The number of rotatable bonds is 6. The quantitative estimate of drug-likeness (QED) is 0.313. The zero-order valence-corrected chi connectivity index (χ0v) is 25.6. The third kappa shape index (κ3) is 6.97. The van der Waals surface area contributed by atoms with Gasteiger partial charge in [-0.1, -0.05) is 24.8 Å². The number of carbonyl (C=O) groups excluding carboxylic acids is 1. The highest BCUT2D eigenvalue weighted by Gasteiger charge is 2.24. The molecule has 0 bridgehead atoms. The molecule has 1 amide bonds. The number of sulfonamides is 1. The molecule has 3 heterocycles. The number of benzene rings is 2. The largest absolute Gasteiger partial charge is 0.336 e. The zero-order valence-electron chi connectivity index (χ0n) is 24.7. The second-order valence-corrected chi connectivity index (χ2v) is 12.1. The highest BCUT2D eigenvalue weighted by atomic mass is 32.2. The molecule has 13 heteroatoms. The predicted octanol–water partition coefficient (Wildman–Crippen LogP) is 4.41. The van der Waals surface area contributed by atoms with Crippen LogP contribution in [0.5, 0.6) is 0 Å². The van der Waals surface area contributed by atoms with E-state index in [1.54, 1.807) is 17.9 Å². The number of halogens is 3. The van der Waals surface area contributed by atoms with Crippen LogP contribution < -0.4 is 4.72 Å². The molecule has 1 aliphatic heterocycles. The second-order valence-electron chi connectivity index (χ2n) is 10.5. The van der Waals surface area contributed by atoms with Crippen LogP contribution >= 0.6 is 0 Å². The molecular formula is C32H29F3N6O3S. The molecular weight excluding hydrogens is 605 g/mol. The number of aromatic nitrogens is 3. The number of hydrogen-bond acceptors (Lipinski definition) is 7. The number of piperazine rings is 1. The summed E-state index contributed by atoms with van der Waals surface area (Å²) in [5, 5.41) is 0. The molecule has 1 aliphatic rings. The number of nitrogens with zero attached hydrogens (tertiary/aromatic N) is 5. The Bertz CT molecular complexity index is 1950. The van der Waals surface area contributed by atoms with E-state index < -0.39 is 32.4 Å². The SMILES string of the molecule is CCc1ncnc(-c2ccc(C(=O)N3CCN(C)CC3)c(F)c2)c1C#Cc1cnc(C)c(NS(=O)(=O)c2ccc(F)cc2F)c1. The predicted molar refractivity (Wildman–Crippen MR) is 162 cm³/mol. The van der Waals surface area contributed by atoms with Crippen molar-refractivity contribution in [1.82, 2.24) is 24.8 Å². The molecule has 0 aliphatic carbocycles. The van der Waals surface area contributed by atoms with E-state index in [1.807, 2.05) is 14.0 Å². The lowest BCUT2D eigenvalue weighted by Gasteiger charge is -2.32. The Balaban J connectivity index is 1.45. The average Bonchev–Trinajstić information content (AvgIpc) is 3.01. The van der Waals surface area contributed by atoms with Gasteiger partial charge in [-0.3, -0.25) is 14.5 Å². The number of carbonyl (C=O) groups is 1. The monoisotopic (exact) mass is 634 g/mol. The van der Waals surface area contributed by atoms with E-state index in [4.69, 9.17) is 0 Å². The van der Waals surface area contributed by atoms with Crippen LogP contribution in [0.3, 0.4) is 0 Å². The van der Waals surface area contributed by atoms with Gasteiger partial charge in [0.05, 0.1) is 33.9 Å². The first kappa shape index (κ1) is 31.6. The lowest BCUT2D eigenvalue weighted by molar-refractivity contribution is 0.0659. The molecule has 0 radical (unpaired) electrons. The highest BCUT2D eigenvalue weighted by molar-refractivity contribution is 7.92. The minimum Gasteiger partial charge on any atom is -0.336 e. The normalized spacial score (nSPS) is 13.7. The Hall–Kier alpha value is -4.80. The van der Waals surface area contributed by atoms with Crippen LogP contribution in [-0.4, -0.2) is 72.3 Å². The van der Waals surface area contributed by atoms with Crippen LogP contribution in [0, 0.1) is 36.2 Å². The Morgan fingerprint density at radius 2 is 1.71 bits per heavy atom. The topological polar surface area (TPSA) is 108 Å².